The van der Waals surface area contributed by atoms with E-state index in [0.29, 0.717) is 26.2 Å². The summed E-state index contributed by atoms with van der Waals surface area (Å²) >= 11 is 0. The number of fused-ring (bicyclic) bond motifs is 1. The van der Waals surface area contributed by atoms with Crippen molar-refractivity contribution in [2.75, 3.05) is 6.61 Å². The Labute approximate surface area is 213 Å². The van der Waals surface area contributed by atoms with Gasteiger partial charge in [-0.1, -0.05) is 22.7 Å². The summed E-state index contributed by atoms with van der Waals surface area (Å²) in [6, 6.07) is 9.63. The maximum absolute atomic E-state index is 13.2. The maximum Gasteiger partial charge on any atom is 0.431 e. The number of ether oxygens (including phenoxy) is 2. The lowest BCUT2D eigenvalue weighted by atomic mass is 10.0. The van der Waals surface area contributed by atoms with Crippen molar-refractivity contribution in [2.24, 2.45) is 7.05 Å². The summed E-state index contributed by atoms with van der Waals surface area (Å²) in [4.78, 5) is 37.5. The molecule has 9 nitrogen and oxygen atoms in total. The number of esters is 1. The molecule has 4 rings (SSSR count). The second-order valence-corrected chi connectivity index (χ2v) is 8.33. The number of benzene rings is 2. The zero-order chi connectivity index (χ0) is 27.8. The molecule has 0 N–H and O–H groups in total. The number of terminal acetylenes is 1. The van der Waals surface area contributed by atoms with Crippen molar-refractivity contribution in [1.82, 2.24) is 14.3 Å². The predicted octanol–water partition coefficient (Wildman–Crippen LogP) is 3.62. The fourth-order valence-electron chi connectivity index (χ4n) is 3.80. The quantitative estimate of drug-likeness (QED) is 0.279. The van der Waals surface area contributed by atoms with Crippen LogP contribution in [0.25, 0.3) is 27.9 Å². The third kappa shape index (κ3) is 4.90. The molecule has 1 unspecified atom stereocenters. The first-order valence-corrected chi connectivity index (χ1v) is 11.1. The highest BCUT2D eigenvalue weighted by molar-refractivity contribution is 5.94. The Morgan fingerprint density at radius 1 is 1.18 bits per heavy atom. The van der Waals surface area contributed by atoms with Crippen molar-refractivity contribution < 1.29 is 32.0 Å². The van der Waals surface area contributed by atoms with Crippen LogP contribution in [0.5, 0.6) is 5.75 Å². The van der Waals surface area contributed by atoms with Crippen LogP contribution >= 0.6 is 0 Å². The molecule has 0 aliphatic rings. The van der Waals surface area contributed by atoms with Gasteiger partial charge in [0.05, 0.1) is 11.1 Å². The Bertz CT molecular complexity index is 1710. The topological polar surface area (TPSA) is 106 Å². The fraction of sp³-hybridized carbons (Fsp3) is 0.231. The number of carbonyl (C=O) groups is 1. The minimum atomic E-state index is -4.89. The minimum absolute atomic E-state index is 0.00243. The van der Waals surface area contributed by atoms with Gasteiger partial charge in [0, 0.05) is 18.7 Å². The van der Waals surface area contributed by atoms with Crippen LogP contribution in [0.15, 0.2) is 56.6 Å². The van der Waals surface area contributed by atoms with Crippen molar-refractivity contribution in [2.45, 2.75) is 26.1 Å². The van der Waals surface area contributed by atoms with Gasteiger partial charge in [-0.2, -0.15) is 13.2 Å². The maximum atomic E-state index is 13.2. The van der Waals surface area contributed by atoms with E-state index in [1.54, 1.807) is 18.2 Å². The van der Waals surface area contributed by atoms with Crippen molar-refractivity contribution >= 4 is 16.9 Å². The van der Waals surface area contributed by atoms with E-state index in [9.17, 15) is 27.6 Å². The highest BCUT2D eigenvalue weighted by Crippen LogP contribution is 2.36. The van der Waals surface area contributed by atoms with Gasteiger partial charge in [0.15, 0.2) is 18.3 Å². The monoisotopic (exact) mass is 527 g/mol. The summed E-state index contributed by atoms with van der Waals surface area (Å²) in [6.07, 6.45) is -0.790. The van der Waals surface area contributed by atoms with Crippen LogP contribution in [0, 0.1) is 19.3 Å². The number of hydrogen-bond acceptors (Lipinski definition) is 7. The van der Waals surface area contributed by atoms with Gasteiger partial charge in [-0.25, -0.2) is 14.2 Å². The van der Waals surface area contributed by atoms with E-state index < -0.39 is 35.2 Å². The van der Waals surface area contributed by atoms with Crippen molar-refractivity contribution in [3.05, 3.63) is 74.6 Å². The summed E-state index contributed by atoms with van der Waals surface area (Å²) in [5.41, 5.74) is -1.94. The van der Waals surface area contributed by atoms with E-state index in [-0.39, 0.29) is 29.3 Å². The molecule has 12 heteroatoms. The number of nitrogens with zero attached hydrogens (tertiary/aromatic N) is 3. The lowest BCUT2D eigenvalue weighted by Crippen LogP contribution is -2.40. The lowest BCUT2D eigenvalue weighted by Gasteiger charge is -2.16. The number of hydrogen-bond donors (Lipinski definition) is 0. The van der Waals surface area contributed by atoms with Gasteiger partial charge in [0.25, 0.3) is 5.56 Å². The third-order valence-corrected chi connectivity index (χ3v) is 5.65. The van der Waals surface area contributed by atoms with Crippen molar-refractivity contribution in [3.63, 3.8) is 0 Å². The number of alkyl halides is 3. The molecule has 1 atom stereocenters. The average molecular weight is 527 g/mol. The first-order valence-electron chi connectivity index (χ1n) is 11.1. The first-order chi connectivity index (χ1) is 17.9. The summed E-state index contributed by atoms with van der Waals surface area (Å²) in [5, 5.41) is 4.44. The van der Waals surface area contributed by atoms with Gasteiger partial charge in [-0.05, 0) is 44.2 Å². The molecular weight excluding hydrogens is 507 g/mol. The molecule has 0 saturated carbocycles. The molecule has 0 bridgehead atoms. The lowest BCUT2D eigenvalue weighted by molar-refractivity contribution is -0.149. The van der Waals surface area contributed by atoms with E-state index in [4.69, 9.17) is 20.4 Å². The Balaban J connectivity index is 1.83. The first kappa shape index (κ1) is 26.3. The molecule has 0 saturated heterocycles. The van der Waals surface area contributed by atoms with Gasteiger partial charge in [0.2, 0.25) is 0 Å². The van der Waals surface area contributed by atoms with Gasteiger partial charge < -0.3 is 14.0 Å². The zero-order valence-electron chi connectivity index (χ0n) is 20.3. The normalized spacial score (nSPS) is 12.2. The molecule has 0 spiro atoms. The molecule has 0 aliphatic heterocycles. The Morgan fingerprint density at radius 3 is 2.61 bits per heavy atom. The molecule has 196 valence electrons. The summed E-state index contributed by atoms with van der Waals surface area (Å²) in [5.74, 6) is 1.77. The van der Waals surface area contributed by atoms with Crippen LogP contribution in [-0.2, 0) is 22.8 Å². The van der Waals surface area contributed by atoms with Gasteiger partial charge in [-0.3, -0.25) is 9.36 Å². The van der Waals surface area contributed by atoms with E-state index in [1.165, 1.54) is 25.1 Å². The fourth-order valence-corrected chi connectivity index (χ4v) is 3.80. The number of carbonyl (C=O) groups excluding carboxylic acids is 1. The largest absolute Gasteiger partial charge is 0.478 e. The Hall–Kier alpha value is -4.79. The number of halogens is 3. The SMILES string of the molecule is C#CCOC(=O)C(C)Oc1ccc(C)cc1-c1noc2ccc(-n3c(=O)cc(C(F)(F)F)n(C)c3=O)cc12. The van der Waals surface area contributed by atoms with Crippen LogP contribution in [0.4, 0.5) is 13.2 Å². The molecule has 2 aromatic heterocycles. The standard InChI is InChI=1S/C26H20F3N3O6/c1-5-10-36-24(34)15(3)37-19-8-6-14(2)11-17(19)23-18-12-16(7-9-20(18)38-30-23)32-22(33)13-21(26(27,28)29)31(4)25(32)35/h1,6-9,11-13,15H,10H2,2-4H3. The highest BCUT2D eigenvalue weighted by Gasteiger charge is 2.35. The predicted molar refractivity (Wildman–Crippen MR) is 130 cm³/mol. The molecule has 2 aromatic carbocycles. The van der Waals surface area contributed by atoms with Crippen molar-refractivity contribution in [3.8, 4) is 35.0 Å². The summed E-state index contributed by atoms with van der Waals surface area (Å²) < 4.78 is 56.8. The summed E-state index contributed by atoms with van der Waals surface area (Å²) in [6.45, 7) is 3.08. The van der Waals surface area contributed by atoms with Crippen LogP contribution in [0.1, 0.15) is 18.2 Å². The zero-order valence-corrected chi connectivity index (χ0v) is 20.3. The van der Waals surface area contributed by atoms with Crippen LogP contribution in [0.2, 0.25) is 0 Å². The molecule has 2 heterocycles. The third-order valence-electron chi connectivity index (χ3n) is 5.65. The van der Waals surface area contributed by atoms with E-state index in [1.807, 2.05) is 6.92 Å². The van der Waals surface area contributed by atoms with Crippen LogP contribution in [-0.4, -0.2) is 33.0 Å². The molecular formula is C26H20F3N3O6. The van der Waals surface area contributed by atoms with Crippen molar-refractivity contribution in [1.29, 1.82) is 0 Å². The van der Waals surface area contributed by atoms with Gasteiger partial charge >= 0.3 is 17.8 Å². The minimum Gasteiger partial charge on any atom is -0.478 e. The number of aromatic nitrogens is 3. The summed E-state index contributed by atoms with van der Waals surface area (Å²) in [7, 11) is 0.927. The molecule has 38 heavy (non-hydrogen) atoms. The molecule has 0 radical (unpaired) electrons. The van der Waals surface area contributed by atoms with E-state index in [2.05, 4.69) is 11.1 Å². The molecule has 0 aliphatic carbocycles. The molecule has 0 amide bonds. The smallest absolute Gasteiger partial charge is 0.431 e. The van der Waals surface area contributed by atoms with Crippen LogP contribution in [0.3, 0.4) is 0 Å². The molecule has 0 fully saturated rings. The second kappa shape index (κ2) is 9.93. The van der Waals surface area contributed by atoms with Gasteiger partial charge in [0.1, 0.15) is 17.1 Å². The Morgan fingerprint density at radius 2 is 1.92 bits per heavy atom. The second-order valence-electron chi connectivity index (χ2n) is 8.33. The number of aryl methyl sites for hydroxylation is 1. The average Bonchev–Trinajstić information content (AvgIpc) is 3.28. The van der Waals surface area contributed by atoms with Crippen LogP contribution < -0.4 is 16.0 Å². The van der Waals surface area contributed by atoms with Gasteiger partial charge in [-0.15, -0.1) is 6.42 Å². The molecule has 4 aromatic rings. The van der Waals surface area contributed by atoms with E-state index in [0.717, 1.165) is 12.6 Å². The highest BCUT2D eigenvalue weighted by atomic mass is 19.4. The van der Waals surface area contributed by atoms with E-state index >= 15 is 0 Å². The number of rotatable bonds is 6. The Kier molecular flexibility index (Phi) is 6.87.